The lowest BCUT2D eigenvalue weighted by Crippen LogP contribution is -2.40. The summed E-state index contributed by atoms with van der Waals surface area (Å²) in [5.74, 6) is -0.124. The highest BCUT2D eigenvalue weighted by atomic mass is 35.5. The molecule has 1 aliphatic rings. The fourth-order valence-electron chi connectivity index (χ4n) is 4.31. The van der Waals surface area contributed by atoms with Gasteiger partial charge in [0.2, 0.25) is 0 Å². The summed E-state index contributed by atoms with van der Waals surface area (Å²) >= 11 is 6.09. The Hall–Kier alpha value is -3.00. The molecule has 1 aromatic heterocycles. The highest BCUT2D eigenvalue weighted by Gasteiger charge is 2.34. The lowest BCUT2D eigenvalue weighted by molar-refractivity contribution is -0.140. The summed E-state index contributed by atoms with van der Waals surface area (Å²) < 4.78 is 40.1. The molecule has 0 unspecified atom stereocenters. The molecule has 3 aromatic rings. The number of hydrogen-bond acceptors (Lipinski definition) is 4. The van der Waals surface area contributed by atoms with Crippen LogP contribution in [0, 0.1) is 0 Å². The molecule has 180 valence electrons. The Kier molecular flexibility index (Phi) is 7.16. The van der Waals surface area contributed by atoms with Crippen LogP contribution < -0.4 is 16.0 Å². The molecule has 5 nitrogen and oxygen atoms in total. The van der Waals surface area contributed by atoms with Crippen molar-refractivity contribution in [2.75, 3.05) is 17.2 Å². The Balaban J connectivity index is 1.42. The zero-order valence-electron chi connectivity index (χ0n) is 18.7. The Morgan fingerprint density at radius 1 is 1.06 bits per heavy atom. The molecule has 1 amide bonds. The SMILES string of the molecule is CCNc1cccc(C(=O)NC2CCC(Nc3cc(C(F)(F)F)nc4ccc(Cl)cc34)CC2)c1. The predicted octanol–water partition coefficient (Wildman–Crippen LogP) is 6.49. The minimum Gasteiger partial charge on any atom is -0.385 e. The summed E-state index contributed by atoms with van der Waals surface area (Å²) in [5.41, 5.74) is 1.16. The standard InChI is InChI=1S/C25H26ClF3N4O/c1-2-30-19-5-3-4-15(12-19)24(34)32-18-9-7-17(8-10-18)31-22-14-23(25(27,28)29)33-21-11-6-16(26)13-20(21)22/h3-6,11-14,17-18,30H,2,7-10H2,1H3,(H,31,33)(H,32,34). The fraction of sp³-hybridized carbons (Fsp3) is 0.360. The van der Waals surface area contributed by atoms with Gasteiger partial charge in [-0.15, -0.1) is 0 Å². The number of benzene rings is 2. The van der Waals surface area contributed by atoms with Gasteiger partial charge in [0.05, 0.1) is 5.52 Å². The minimum absolute atomic E-state index is 0.0164. The first-order valence-electron chi connectivity index (χ1n) is 11.3. The number of anilines is 2. The molecule has 4 rings (SSSR count). The third-order valence-electron chi connectivity index (χ3n) is 5.99. The van der Waals surface area contributed by atoms with E-state index in [4.69, 9.17) is 11.6 Å². The van der Waals surface area contributed by atoms with Gasteiger partial charge in [0.15, 0.2) is 0 Å². The van der Waals surface area contributed by atoms with Crippen molar-refractivity contribution in [2.24, 2.45) is 0 Å². The van der Waals surface area contributed by atoms with Gasteiger partial charge in [0.1, 0.15) is 5.69 Å². The smallest absolute Gasteiger partial charge is 0.385 e. The van der Waals surface area contributed by atoms with Gasteiger partial charge >= 0.3 is 6.18 Å². The van der Waals surface area contributed by atoms with E-state index in [1.165, 1.54) is 12.1 Å². The second-order valence-corrected chi connectivity index (χ2v) is 8.93. The maximum Gasteiger partial charge on any atom is 0.433 e. The fourth-order valence-corrected chi connectivity index (χ4v) is 4.48. The Labute approximate surface area is 201 Å². The number of fused-ring (bicyclic) bond motifs is 1. The summed E-state index contributed by atoms with van der Waals surface area (Å²) in [6.07, 6.45) is -1.66. The summed E-state index contributed by atoms with van der Waals surface area (Å²) in [7, 11) is 0. The maximum atomic E-state index is 13.4. The summed E-state index contributed by atoms with van der Waals surface area (Å²) in [5, 5.41) is 10.5. The predicted molar refractivity (Wildman–Crippen MR) is 129 cm³/mol. The van der Waals surface area contributed by atoms with Crippen LogP contribution in [0.5, 0.6) is 0 Å². The first-order chi connectivity index (χ1) is 16.2. The normalized spacial score (nSPS) is 18.5. The van der Waals surface area contributed by atoms with Crippen LogP contribution in [-0.4, -0.2) is 29.5 Å². The lowest BCUT2D eigenvalue weighted by atomic mass is 9.90. The average molecular weight is 491 g/mol. The van der Waals surface area contributed by atoms with Gasteiger partial charge in [-0.25, -0.2) is 4.98 Å². The van der Waals surface area contributed by atoms with Crippen molar-refractivity contribution in [3.05, 3.63) is 64.8 Å². The highest BCUT2D eigenvalue weighted by Crippen LogP contribution is 2.35. The quantitative estimate of drug-likeness (QED) is 0.369. The Morgan fingerprint density at radius 3 is 2.50 bits per heavy atom. The van der Waals surface area contributed by atoms with Crippen LogP contribution >= 0.6 is 11.6 Å². The van der Waals surface area contributed by atoms with Gasteiger partial charge in [-0.05, 0) is 75.1 Å². The largest absolute Gasteiger partial charge is 0.433 e. The molecular formula is C25H26ClF3N4O. The highest BCUT2D eigenvalue weighted by molar-refractivity contribution is 6.31. The first-order valence-corrected chi connectivity index (χ1v) is 11.7. The number of carbonyl (C=O) groups is 1. The van der Waals surface area contributed by atoms with E-state index in [-0.39, 0.29) is 23.5 Å². The number of nitrogens with one attached hydrogen (secondary N) is 3. The molecule has 1 heterocycles. The zero-order chi connectivity index (χ0) is 24.3. The van der Waals surface area contributed by atoms with Crippen LogP contribution in [-0.2, 0) is 6.18 Å². The zero-order valence-corrected chi connectivity index (χ0v) is 19.4. The summed E-state index contributed by atoms with van der Waals surface area (Å²) in [6, 6.07) is 13.1. The lowest BCUT2D eigenvalue weighted by Gasteiger charge is -2.31. The van der Waals surface area contributed by atoms with Crippen molar-refractivity contribution >= 4 is 39.8 Å². The Bertz CT molecular complexity index is 1180. The van der Waals surface area contributed by atoms with E-state index >= 15 is 0 Å². The van der Waals surface area contributed by atoms with Gasteiger partial charge in [-0.1, -0.05) is 17.7 Å². The average Bonchev–Trinajstić information content (AvgIpc) is 2.80. The van der Waals surface area contributed by atoms with Gasteiger partial charge < -0.3 is 16.0 Å². The van der Waals surface area contributed by atoms with Crippen LogP contribution in [0.15, 0.2) is 48.5 Å². The first kappa shape index (κ1) is 24.1. The van der Waals surface area contributed by atoms with E-state index in [1.807, 2.05) is 25.1 Å². The van der Waals surface area contributed by atoms with Crippen molar-refractivity contribution in [3.8, 4) is 0 Å². The third kappa shape index (κ3) is 5.73. The number of alkyl halides is 3. The van der Waals surface area contributed by atoms with Crippen LogP contribution in [0.2, 0.25) is 5.02 Å². The molecule has 0 atom stereocenters. The second-order valence-electron chi connectivity index (χ2n) is 8.49. The molecule has 0 bridgehead atoms. The molecule has 1 saturated carbocycles. The van der Waals surface area contributed by atoms with Gasteiger partial charge in [0, 0.05) is 46.0 Å². The summed E-state index contributed by atoms with van der Waals surface area (Å²) in [6.45, 7) is 2.76. The molecular weight excluding hydrogens is 465 g/mol. The molecule has 9 heteroatoms. The monoisotopic (exact) mass is 490 g/mol. The van der Waals surface area contributed by atoms with E-state index < -0.39 is 11.9 Å². The topological polar surface area (TPSA) is 66.1 Å². The number of halogens is 4. The second kappa shape index (κ2) is 10.1. The van der Waals surface area contributed by atoms with Gasteiger partial charge in [-0.3, -0.25) is 4.79 Å². The molecule has 1 fully saturated rings. The van der Waals surface area contributed by atoms with Crippen LogP contribution in [0.1, 0.15) is 48.7 Å². The number of aromatic nitrogens is 1. The Morgan fingerprint density at radius 2 is 1.79 bits per heavy atom. The van der Waals surface area contributed by atoms with Crippen molar-refractivity contribution in [2.45, 2.75) is 50.9 Å². The van der Waals surface area contributed by atoms with Crippen LogP contribution in [0.25, 0.3) is 10.9 Å². The van der Waals surface area contributed by atoms with Gasteiger partial charge in [-0.2, -0.15) is 13.2 Å². The molecule has 0 aliphatic heterocycles. The van der Waals surface area contributed by atoms with E-state index in [2.05, 4.69) is 20.9 Å². The van der Waals surface area contributed by atoms with Crippen molar-refractivity contribution in [1.82, 2.24) is 10.3 Å². The van der Waals surface area contributed by atoms with Gasteiger partial charge in [0.25, 0.3) is 5.91 Å². The van der Waals surface area contributed by atoms with Crippen LogP contribution in [0.3, 0.4) is 0 Å². The minimum atomic E-state index is -4.55. The number of nitrogens with zero attached hydrogens (tertiary/aromatic N) is 1. The van der Waals surface area contributed by atoms with Crippen molar-refractivity contribution < 1.29 is 18.0 Å². The molecule has 1 aliphatic carbocycles. The molecule has 0 radical (unpaired) electrons. The maximum absolute atomic E-state index is 13.4. The molecule has 34 heavy (non-hydrogen) atoms. The molecule has 0 saturated heterocycles. The van der Waals surface area contributed by atoms with Crippen molar-refractivity contribution in [1.29, 1.82) is 0 Å². The molecule has 0 spiro atoms. The molecule has 2 aromatic carbocycles. The number of rotatable bonds is 6. The number of pyridine rings is 1. The third-order valence-corrected chi connectivity index (χ3v) is 6.22. The molecule has 3 N–H and O–H groups in total. The summed E-state index contributed by atoms with van der Waals surface area (Å²) in [4.78, 5) is 16.4. The number of carbonyl (C=O) groups excluding carboxylic acids is 1. The van der Waals surface area contributed by atoms with E-state index in [0.717, 1.165) is 31.1 Å². The van der Waals surface area contributed by atoms with E-state index in [1.54, 1.807) is 12.1 Å². The van der Waals surface area contributed by atoms with E-state index in [0.29, 0.717) is 34.5 Å². The van der Waals surface area contributed by atoms with E-state index in [9.17, 15) is 18.0 Å². The number of hydrogen-bond donors (Lipinski definition) is 3. The van der Waals surface area contributed by atoms with Crippen molar-refractivity contribution in [3.63, 3.8) is 0 Å². The number of amides is 1. The van der Waals surface area contributed by atoms with Crippen LogP contribution in [0.4, 0.5) is 24.5 Å².